The average molecular weight is 644 g/mol. The Morgan fingerprint density at radius 1 is 0.822 bits per heavy atom. The Labute approximate surface area is 270 Å². The standard InChI is InChI=1S/C36H38ClN3O4S/c1-27-9-11-29(12-10-27)25-38-36(42)35(31-7-3-2-4-8-31)40(26-30-13-18-32(37)19-14-30)34(41)22-17-28-15-20-33(21-16-28)45(43,44)39-23-5-6-24-39/h2-4,7-16,18-21,35H,5-6,17,22-26H2,1H3,(H,38,42). The molecule has 0 saturated carbocycles. The lowest BCUT2D eigenvalue weighted by atomic mass is 10.0. The number of benzene rings is 4. The van der Waals surface area contributed by atoms with Gasteiger partial charge in [-0.25, -0.2) is 8.42 Å². The SMILES string of the molecule is Cc1ccc(CNC(=O)C(c2ccccc2)N(Cc2ccc(Cl)cc2)C(=O)CCc2ccc(S(=O)(=O)N3CCCC3)cc2)cc1. The van der Waals surface area contributed by atoms with Gasteiger partial charge in [-0.1, -0.05) is 96.0 Å². The zero-order valence-corrected chi connectivity index (χ0v) is 26.9. The second-order valence-corrected chi connectivity index (χ2v) is 13.8. The summed E-state index contributed by atoms with van der Waals surface area (Å²) in [7, 11) is -3.51. The molecule has 0 aliphatic carbocycles. The van der Waals surface area contributed by atoms with Crippen molar-refractivity contribution in [2.24, 2.45) is 0 Å². The first-order valence-corrected chi connectivity index (χ1v) is 17.0. The van der Waals surface area contributed by atoms with Gasteiger partial charge in [-0.05, 0) is 72.7 Å². The van der Waals surface area contributed by atoms with Crippen molar-refractivity contribution >= 4 is 33.4 Å². The van der Waals surface area contributed by atoms with Crippen molar-refractivity contribution in [1.29, 1.82) is 0 Å². The predicted octanol–water partition coefficient (Wildman–Crippen LogP) is 6.45. The minimum atomic E-state index is -3.51. The van der Waals surface area contributed by atoms with E-state index in [2.05, 4.69) is 5.32 Å². The van der Waals surface area contributed by atoms with Crippen LogP contribution < -0.4 is 5.32 Å². The van der Waals surface area contributed by atoms with Crippen LogP contribution in [0.5, 0.6) is 0 Å². The third kappa shape index (κ3) is 8.39. The van der Waals surface area contributed by atoms with Crippen molar-refractivity contribution in [3.8, 4) is 0 Å². The Morgan fingerprint density at radius 2 is 1.42 bits per heavy atom. The Bertz CT molecular complexity index is 1690. The molecule has 1 aliphatic heterocycles. The molecule has 7 nitrogen and oxygen atoms in total. The van der Waals surface area contributed by atoms with Gasteiger partial charge in [0.2, 0.25) is 21.8 Å². The maximum Gasteiger partial charge on any atom is 0.247 e. The molecule has 0 aromatic heterocycles. The maximum absolute atomic E-state index is 14.0. The van der Waals surface area contributed by atoms with E-state index in [9.17, 15) is 18.0 Å². The van der Waals surface area contributed by atoms with Crippen LogP contribution in [0.25, 0.3) is 0 Å². The summed E-state index contributed by atoms with van der Waals surface area (Å²) in [6.07, 6.45) is 2.28. The number of nitrogens with one attached hydrogen (secondary N) is 1. The first kappa shape index (κ1) is 32.4. The van der Waals surface area contributed by atoms with Crippen LogP contribution in [0.1, 0.15) is 53.1 Å². The fourth-order valence-corrected chi connectivity index (χ4v) is 7.15. The Hall–Kier alpha value is -3.98. The van der Waals surface area contributed by atoms with Gasteiger partial charge in [0, 0.05) is 37.6 Å². The largest absolute Gasteiger partial charge is 0.350 e. The van der Waals surface area contributed by atoms with Gasteiger partial charge in [0.15, 0.2) is 0 Å². The zero-order valence-electron chi connectivity index (χ0n) is 25.4. The molecule has 4 aromatic carbocycles. The van der Waals surface area contributed by atoms with Crippen molar-refractivity contribution in [2.75, 3.05) is 13.1 Å². The molecule has 1 fully saturated rings. The Morgan fingerprint density at radius 3 is 2.07 bits per heavy atom. The van der Waals surface area contributed by atoms with Crippen LogP contribution in [-0.4, -0.2) is 42.5 Å². The summed E-state index contributed by atoms with van der Waals surface area (Å²) in [5.74, 6) is -0.474. The number of aryl methyl sites for hydroxylation is 2. The number of amides is 2. The lowest BCUT2D eigenvalue weighted by Crippen LogP contribution is -2.43. The molecule has 1 unspecified atom stereocenters. The first-order chi connectivity index (χ1) is 21.7. The number of nitrogens with zero attached hydrogens (tertiary/aromatic N) is 2. The summed E-state index contributed by atoms with van der Waals surface area (Å²) in [5.41, 5.74) is 4.49. The fourth-order valence-electron chi connectivity index (χ4n) is 5.51. The van der Waals surface area contributed by atoms with Gasteiger partial charge >= 0.3 is 0 Å². The minimum Gasteiger partial charge on any atom is -0.350 e. The van der Waals surface area contributed by atoms with Gasteiger partial charge in [-0.3, -0.25) is 9.59 Å². The molecule has 0 bridgehead atoms. The highest BCUT2D eigenvalue weighted by Crippen LogP contribution is 2.27. The number of hydrogen-bond acceptors (Lipinski definition) is 4. The summed E-state index contributed by atoms with van der Waals surface area (Å²) in [6, 6.07) is 30.4. The lowest BCUT2D eigenvalue weighted by Gasteiger charge is -2.32. The smallest absolute Gasteiger partial charge is 0.247 e. The molecular weight excluding hydrogens is 606 g/mol. The molecule has 1 N–H and O–H groups in total. The van der Waals surface area contributed by atoms with Gasteiger partial charge in [0.1, 0.15) is 6.04 Å². The number of hydrogen-bond donors (Lipinski definition) is 1. The lowest BCUT2D eigenvalue weighted by molar-refractivity contribution is -0.141. The number of sulfonamides is 1. The molecule has 1 heterocycles. The highest BCUT2D eigenvalue weighted by atomic mass is 35.5. The van der Waals surface area contributed by atoms with E-state index in [1.807, 2.05) is 73.7 Å². The topological polar surface area (TPSA) is 86.8 Å². The van der Waals surface area contributed by atoms with E-state index >= 15 is 0 Å². The molecule has 5 rings (SSSR count). The van der Waals surface area contributed by atoms with Crippen LogP contribution >= 0.6 is 11.6 Å². The average Bonchev–Trinajstić information content (AvgIpc) is 3.61. The molecule has 9 heteroatoms. The molecule has 1 saturated heterocycles. The van der Waals surface area contributed by atoms with Gasteiger partial charge in [0.25, 0.3) is 0 Å². The minimum absolute atomic E-state index is 0.139. The van der Waals surface area contributed by atoms with Crippen molar-refractivity contribution < 1.29 is 18.0 Å². The summed E-state index contributed by atoms with van der Waals surface area (Å²) < 4.78 is 27.4. The molecule has 4 aromatic rings. The third-order valence-corrected chi connectivity index (χ3v) is 10.3. The van der Waals surface area contributed by atoms with E-state index in [0.717, 1.165) is 35.1 Å². The molecule has 1 atom stereocenters. The summed E-state index contributed by atoms with van der Waals surface area (Å²) in [5, 5.41) is 3.64. The van der Waals surface area contributed by atoms with Crippen molar-refractivity contribution in [3.05, 3.63) is 136 Å². The quantitative estimate of drug-likeness (QED) is 0.192. The molecule has 234 valence electrons. The van der Waals surface area contributed by atoms with E-state index in [0.29, 0.717) is 36.6 Å². The highest BCUT2D eigenvalue weighted by Gasteiger charge is 2.31. The Kier molecular flexibility index (Phi) is 10.7. The van der Waals surface area contributed by atoms with E-state index in [1.165, 1.54) is 4.31 Å². The molecular formula is C36H38ClN3O4S. The maximum atomic E-state index is 14.0. The monoisotopic (exact) mass is 643 g/mol. The second kappa shape index (κ2) is 14.9. The summed E-state index contributed by atoms with van der Waals surface area (Å²) in [4.78, 5) is 29.8. The van der Waals surface area contributed by atoms with Gasteiger partial charge < -0.3 is 10.2 Å². The van der Waals surface area contributed by atoms with Crippen LogP contribution in [0.4, 0.5) is 0 Å². The van der Waals surface area contributed by atoms with Gasteiger partial charge in [-0.2, -0.15) is 4.31 Å². The van der Waals surface area contributed by atoms with Crippen LogP contribution in [-0.2, 0) is 39.1 Å². The number of carbonyl (C=O) groups excluding carboxylic acids is 2. The van der Waals surface area contributed by atoms with E-state index in [4.69, 9.17) is 11.6 Å². The second-order valence-electron chi connectivity index (χ2n) is 11.4. The molecule has 1 aliphatic rings. The first-order valence-electron chi connectivity index (χ1n) is 15.2. The number of halogens is 1. The van der Waals surface area contributed by atoms with Crippen LogP contribution in [0.3, 0.4) is 0 Å². The van der Waals surface area contributed by atoms with E-state index in [-0.39, 0.29) is 29.7 Å². The Balaban J connectivity index is 1.37. The third-order valence-electron chi connectivity index (χ3n) is 8.10. The summed E-state index contributed by atoms with van der Waals surface area (Å²) in [6.45, 7) is 3.64. The number of carbonyl (C=O) groups is 2. The molecule has 45 heavy (non-hydrogen) atoms. The van der Waals surface area contributed by atoms with E-state index in [1.54, 1.807) is 41.3 Å². The predicted molar refractivity (Wildman–Crippen MR) is 177 cm³/mol. The molecule has 0 radical (unpaired) electrons. The van der Waals surface area contributed by atoms with Crippen molar-refractivity contribution in [1.82, 2.24) is 14.5 Å². The number of rotatable bonds is 12. The molecule has 2 amide bonds. The zero-order chi connectivity index (χ0) is 31.8. The van der Waals surface area contributed by atoms with Crippen molar-refractivity contribution in [3.63, 3.8) is 0 Å². The van der Waals surface area contributed by atoms with Crippen LogP contribution in [0, 0.1) is 6.92 Å². The van der Waals surface area contributed by atoms with Crippen molar-refractivity contribution in [2.45, 2.75) is 56.6 Å². The highest BCUT2D eigenvalue weighted by molar-refractivity contribution is 7.89. The summed E-state index contributed by atoms with van der Waals surface area (Å²) >= 11 is 6.14. The van der Waals surface area contributed by atoms with E-state index < -0.39 is 16.1 Å². The molecule has 0 spiro atoms. The fraction of sp³-hybridized carbons (Fsp3) is 0.278. The normalized spacial score (nSPS) is 14.2. The van der Waals surface area contributed by atoms with Gasteiger partial charge in [0.05, 0.1) is 4.90 Å². The van der Waals surface area contributed by atoms with Crippen LogP contribution in [0.2, 0.25) is 5.02 Å². The van der Waals surface area contributed by atoms with Crippen LogP contribution in [0.15, 0.2) is 108 Å². The van der Waals surface area contributed by atoms with Gasteiger partial charge in [-0.15, -0.1) is 0 Å².